The lowest BCUT2D eigenvalue weighted by molar-refractivity contribution is 1.02. The summed E-state index contributed by atoms with van der Waals surface area (Å²) in [5.74, 6) is 0. The summed E-state index contributed by atoms with van der Waals surface area (Å²) in [7, 11) is 0. The molecule has 0 spiro atoms. The van der Waals surface area contributed by atoms with Gasteiger partial charge in [0.25, 0.3) is 0 Å². The van der Waals surface area contributed by atoms with Crippen LogP contribution in [0.5, 0.6) is 0 Å². The van der Waals surface area contributed by atoms with Crippen LogP contribution in [0, 0.1) is 0 Å². The van der Waals surface area contributed by atoms with Gasteiger partial charge in [-0.3, -0.25) is 0 Å². The summed E-state index contributed by atoms with van der Waals surface area (Å²) < 4.78 is 0. The molecule has 0 N–H and O–H groups in total. The van der Waals surface area contributed by atoms with E-state index in [2.05, 4.69) is 44.2 Å². The maximum Gasteiger partial charge on any atom is 0.0838 e. The van der Waals surface area contributed by atoms with Crippen molar-refractivity contribution in [1.29, 1.82) is 0 Å². The van der Waals surface area contributed by atoms with E-state index < -0.39 is 0 Å². The molecule has 0 saturated carbocycles. The summed E-state index contributed by atoms with van der Waals surface area (Å²) in [6.07, 6.45) is 2.07. The van der Waals surface area contributed by atoms with Crippen LogP contribution in [0.2, 0.25) is 0 Å². The van der Waals surface area contributed by atoms with Crippen LogP contribution < -0.4 is 0 Å². The highest BCUT2D eigenvalue weighted by Crippen LogP contribution is 2.32. The van der Waals surface area contributed by atoms with Crippen molar-refractivity contribution >= 4 is 11.6 Å². The van der Waals surface area contributed by atoms with E-state index in [1.54, 1.807) is 0 Å². The Kier molecular flexibility index (Phi) is 4.43. The van der Waals surface area contributed by atoms with Gasteiger partial charge >= 0.3 is 0 Å². The number of benzene rings is 2. The Morgan fingerprint density at radius 2 is 1.67 bits per heavy atom. The van der Waals surface area contributed by atoms with Gasteiger partial charge in [0, 0.05) is 0 Å². The highest BCUT2D eigenvalue weighted by molar-refractivity contribution is 6.22. The maximum atomic E-state index is 6.64. The molecule has 1 unspecified atom stereocenters. The second-order valence-corrected chi connectivity index (χ2v) is 4.95. The van der Waals surface area contributed by atoms with Gasteiger partial charge in [-0.2, -0.15) is 0 Å². The summed E-state index contributed by atoms with van der Waals surface area (Å²) in [6, 6.07) is 17.0. The molecule has 0 fully saturated rings. The van der Waals surface area contributed by atoms with Crippen LogP contribution >= 0.6 is 11.6 Å². The largest absolute Gasteiger partial charge is 0.113 e. The molecule has 0 bridgehead atoms. The molecule has 2 rings (SSSR count). The van der Waals surface area contributed by atoms with Crippen molar-refractivity contribution in [2.75, 3.05) is 0 Å². The third-order valence-corrected chi connectivity index (χ3v) is 3.85. The molecule has 0 heterocycles. The lowest BCUT2D eigenvalue weighted by Crippen LogP contribution is -2.00. The second kappa shape index (κ2) is 6.06. The van der Waals surface area contributed by atoms with Crippen molar-refractivity contribution in [3.8, 4) is 0 Å². The van der Waals surface area contributed by atoms with Crippen molar-refractivity contribution in [3.05, 3.63) is 70.8 Å². The highest BCUT2D eigenvalue weighted by Gasteiger charge is 2.14. The molecule has 0 radical (unpaired) electrons. The molecule has 0 aliphatic rings. The monoisotopic (exact) mass is 258 g/mol. The summed E-state index contributed by atoms with van der Waals surface area (Å²) in [5, 5.41) is -0.0485. The fourth-order valence-corrected chi connectivity index (χ4v) is 2.57. The van der Waals surface area contributed by atoms with Gasteiger partial charge in [-0.25, -0.2) is 0 Å². The standard InChI is InChI=1S/C17H19Cl/c1-3-13-10-11-14(4-2)16(12-13)17(18)15-8-6-5-7-9-15/h5-12,17H,3-4H2,1-2H3. The highest BCUT2D eigenvalue weighted by atomic mass is 35.5. The zero-order valence-corrected chi connectivity index (χ0v) is 11.7. The first kappa shape index (κ1) is 13.2. The van der Waals surface area contributed by atoms with Crippen LogP contribution in [0.15, 0.2) is 48.5 Å². The molecule has 0 aliphatic heterocycles. The zero-order chi connectivity index (χ0) is 13.0. The Hall–Kier alpha value is -1.27. The fraction of sp³-hybridized carbons (Fsp3) is 0.294. The predicted molar refractivity (Wildman–Crippen MR) is 79.3 cm³/mol. The lowest BCUT2D eigenvalue weighted by atomic mass is 9.95. The first-order valence-electron chi connectivity index (χ1n) is 6.57. The smallest absolute Gasteiger partial charge is 0.0838 e. The first-order valence-corrected chi connectivity index (χ1v) is 7.00. The van der Waals surface area contributed by atoms with Crippen LogP contribution in [0.1, 0.15) is 41.5 Å². The van der Waals surface area contributed by atoms with Crippen molar-refractivity contribution in [2.45, 2.75) is 32.1 Å². The van der Waals surface area contributed by atoms with E-state index in [0.717, 1.165) is 12.8 Å². The van der Waals surface area contributed by atoms with Gasteiger partial charge in [-0.1, -0.05) is 62.4 Å². The molecule has 94 valence electrons. The average Bonchev–Trinajstić information content (AvgIpc) is 2.46. The van der Waals surface area contributed by atoms with Gasteiger partial charge in [0.15, 0.2) is 0 Å². The fourth-order valence-electron chi connectivity index (χ4n) is 2.22. The van der Waals surface area contributed by atoms with Gasteiger partial charge in [0.1, 0.15) is 0 Å². The van der Waals surface area contributed by atoms with Gasteiger partial charge < -0.3 is 0 Å². The van der Waals surface area contributed by atoms with Crippen molar-refractivity contribution in [2.24, 2.45) is 0 Å². The quantitative estimate of drug-likeness (QED) is 0.666. The van der Waals surface area contributed by atoms with E-state index in [0.29, 0.717) is 0 Å². The maximum absolute atomic E-state index is 6.64. The molecule has 0 aliphatic carbocycles. The molecular weight excluding hydrogens is 240 g/mol. The molecule has 1 atom stereocenters. The first-order chi connectivity index (χ1) is 8.76. The average molecular weight is 259 g/mol. The van der Waals surface area contributed by atoms with Gasteiger partial charge in [-0.15, -0.1) is 11.6 Å². The van der Waals surface area contributed by atoms with Crippen LogP contribution in [-0.4, -0.2) is 0 Å². The molecular formula is C17H19Cl. The number of aryl methyl sites for hydroxylation is 2. The minimum Gasteiger partial charge on any atom is -0.113 e. The topological polar surface area (TPSA) is 0 Å². The van der Waals surface area contributed by atoms with Crippen molar-refractivity contribution in [1.82, 2.24) is 0 Å². The van der Waals surface area contributed by atoms with Gasteiger partial charge in [-0.05, 0) is 35.1 Å². The van der Waals surface area contributed by atoms with Gasteiger partial charge in [0.05, 0.1) is 5.38 Å². The minimum absolute atomic E-state index is 0.0485. The molecule has 2 aromatic carbocycles. The Morgan fingerprint density at radius 1 is 0.944 bits per heavy atom. The molecule has 0 amide bonds. The molecule has 0 nitrogen and oxygen atoms in total. The zero-order valence-electron chi connectivity index (χ0n) is 11.0. The Morgan fingerprint density at radius 3 is 2.28 bits per heavy atom. The van der Waals surface area contributed by atoms with E-state index in [1.807, 2.05) is 18.2 Å². The molecule has 2 aromatic rings. The van der Waals surface area contributed by atoms with Crippen LogP contribution in [0.25, 0.3) is 0 Å². The van der Waals surface area contributed by atoms with Crippen molar-refractivity contribution in [3.63, 3.8) is 0 Å². The summed E-state index contributed by atoms with van der Waals surface area (Å²) in [5.41, 5.74) is 5.12. The molecule has 1 heteroatoms. The van der Waals surface area contributed by atoms with Crippen LogP contribution in [0.4, 0.5) is 0 Å². The normalized spacial score (nSPS) is 12.4. The van der Waals surface area contributed by atoms with E-state index in [1.165, 1.54) is 22.3 Å². The molecule has 18 heavy (non-hydrogen) atoms. The van der Waals surface area contributed by atoms with Gasteiger partial charge in [0.2, 0.25) is 0 Å². The third kappa shape index (κ3) is 2.76. The second-order valence-electron chi connectivity index (χ2n) is 4.51. The number of alkyl halides is 1. The van der Waals surface area contributed by atoms with E-state index >= 15 is 0 Å². The van der Waals surface area contributed by atoms with Crippen molar-refractivity contribution < 1.29 is 0 Å². The summed E-state index contributed by atoms with van der Waals surface area (Å²) in [6.45, 7) is 4.36. The van der Waals surface area contributed by atoms with E-state index in [9.17, 15) is 0 Å². The predicted octanol–water partition coefficient (Wildman–Crippen LogP) is 5.14. The van der Waals surface area contributed by atoms with Crippen LogP contribution in [0.3, 0.4) is 0 Å². The number of hydrogen-bond acceptors (Lipinski definition) is 0. The molecule has 0 aromatic heterocycles. The third-order valence-electron chi connectivity index (χ3n) is 3.36. The van der Waals surface area contributed by atoms with E-state index in [-0.39, 0.29) is 5.38 Å². The van der Waals surface area contributed by atoms with E-state index in [4.69, 9.17) is 11.6 Å². The van der Waals surface area contributed by atoms with Crippen LogP contribution in [-0.2, 0) is 12.8 Å². The number of hydrogen-bond donors (Lipinski definition) is 0. The summed E-state index contributed by atoms with van der Waals surface area (Å²) in [4.78, 5) is 0. The Bertz CT molecular complexity index is 502. The Labute approximate surface area is 115 Å². The number of rotatable bonds is 4. The number of halogens is 1. The molecule has 0 saturated heterocycles. The SMILES string of the molecule is CCc1ccc(CC)c(C(Cl)c2ccccc2)c1. The lowest BCUT2D eigenvalue weighted by Gasteiger charge is -2.16. The Balaban J connectivity index is 2.42. The summed E-state index contributed by atoms with van der Waals surface area (Å²) >= 11 is 6.64. The minimum atomic E-state index is -0.0485.